The van der Waals surface area contributed by atoms with Crippen LogP contribution in [0.15, 0.2) is 46.4 Å². The second-order valence-corrected chi connectivity index (χ2v) is 5.57. The van der Waals surface area contributed by atoms with Gasteiger partial charge in [0.15, 0.2) is 0 Å². The van der Waals surface area contributed by atoms with Crippen molar-refractivity contribution in [3.63, 3.8) is 0 Å². The van der Waals surface area contributed by atoms with Crippen LogP contribution >= 0.6 is 27.3 Å². The number of aryl methyl sites for hydroxylation is 1. The number of benzene rings is 1. The van der Waals surface area contributed by atoms with Gasteiger partial charge in [-0.05, 0) is 12.1 Å². The molecule has 0 saturated heterocycles. The second kappa shape index (κ2) is 4.66. The first-order valence-corrected chi connectivity index (χ1v) is 7.12. The summed E-state index contributed by atoms with van der Waals surface area (Å²) < 4.78 is 2.90. The topological polar surface area (TPSA) is 30.7 Å². The van der Waals surface area contributed by atoms with E-state index in [1.54, 1.807) is 17.5 Å². The van der Waals surface area contributed by atoms with E-state index in [9.17, 15) is 0 Å². The summed E-state index contributed by atoms with van der Waals surface area (Å²) in [5.41, 5.74) is 3.12. The predicted molar refractivity (Wildman–Crippen MR) is 77.5 cm³/mol. The highest BCUT2D eigenvalue weighted by molar-refractivity contribution is 9.10. The maximum Gasteiger partial charge on any atom is 0.125 e. The number of hydrogen-bond acceptors (Lipinski definition) is 3. The van der Waals surface area contributed by atoms with Crippen LogP contribution in [0.4, 0.5) is 0 Å². The summed E-state index contributed by atoms with van der Waals surface area (Å²) in [6.07, 6.45) is 1.78. The predicted octanol–water partition coefficient (Wildman–Crippen LogP) is 3.97. The van der Waals surface area contributed by atoms with Crippen molar-refractivity contribution in [3.05, 3.63) is 46.4 Å². The standard InChI is InChI=1S/C13H10BrN3S/c1-17-12(6-7-15-17)11-8-18-13(16-11)9-4-2-3-5-10(9)14/h2-8H,1H3. The molecule has 3 rings (SSSR count). The maximum absolute atomic E-state index is 4.67. The van der Waals surface area contributed by atoms with Gasteiger partial charge in [-0.1, -0.05) is 34.1 Å². The quantitative estimate of drug-likeness (QED) is 0.715. The van der Waals surface area contributed by atoms with E-state index in [0.717, 1.165) is 26.4 Å². The smallest absolute Gasteiger partial charge is 0.125 e. The van der Waals surface area contributed by atoms with Gasteiger partial charge in [0, 0.05) is 28.7 Å². The molecule has 0 atom stereocenters. The first kappa shape index (κ1) is 11.6. The van der Waals surface area contributed by atoms with Gasteiger partial charge < -0.3 is 0 Å². The van der Waals surface area contributed by atoms with Gasteiger partial charge in [-0.3, -0.25) is 4.68 Å². The van der Waals surface area contributed by atoms with Crippen molar-refractivity contribution in [3.8, 4) is 22.0 Å². The molecule has 2 heterocycles. The molecular weight excluding hydrogens is 310 g/mol. The molecule has 3 aromatic rings. The molecule has 5 heteroatoms. The van der Waals surface area contributed by atoms with Crippen LogP contribution < -0.4 is 0 Å². The molecule has 2 aromatic heterocycles. The highest BCUT2D eigenvalue weighted by Crippen LogP contribution is 2.32. The Kier molecular flexibility index (Phi) is 3.01. The zero-order valence-electron chi connectivity index (χ0n) is 9.67. The Hall–Kier alpha value is -1.46. The minimum absolute atomic E-state index is 0.964. The molecule has 0 saturated carbocycles. The molecule has 0 unspecified atom stereocenters. The molecular formula is C13H10BrN3S. The third kappa shape index (κ3) is 2.00. The minimum atomic E-state index is 0.964. The molecule has 0 aliphatic carbocycles. The molecule has 0 radical (unpaired) electrons. The van der Waals surface area contributed by atoms with Crippen molar-refractivity contribution < 1.29 is 0 Å². The number of nitrogens with zero attached hydrogens (tertiary/aromatic N) is 3. The van der Waals surface area contributed by atoms with Gasteiger partial charge in [-0.25, -0.2) is 4.98 Å². The maximum atomic E-state index is 4.67. The molecule has 0 aliphatic heterocycles. The largest absolute Gasteiger partial charge is 0.266 e. The number of hydrogen-bond donors (Lipinski definition) is 0. The molecule has 0 fully saturated rings. The van der Waals surface area contributed by atoms with Crippen molar-refractivity contribution in [2.45, 2.75) is 0 Å². The van der Waals surface area contributed by atoms with Gasteiger partial charge in [0.2, 0.25) is 0 Å². The minimum Gasteiger partial charge on any atom is -0.266 e. The average molecular weight is 320 g/mol. The molecule has 0 amide bonds. The Balaban J connectivity index is 2.05. The van der Waals surface area contributed by atoms with E-state index in [-0.39, 0.29) is 0 Å². The van der Waals surface area contributed by atoms with E-state index < -0.39 is 0 Å². The number of aromatic nitrogens is 3. The van der Waals surface area contributed by atoms with Gasteiger partial charge in [-0.2, -0.15) is 5.10 Å². The van der Waals surface area contributed by atoms with Crippen molar-refractivity contribution >= 4 is 27.3 Å². The van der Waals surface area contributed by atoms with Gasteiger partial charge in [-0.15, -0.1) is 11.3 Å². The number of halogens is 1. The fourth-order valence-corrected chi connectivity index (χ4v) is 3.23. The van der Waals surface area contributed by atoms with Crippen molar-refractivity contribution in [2.24, 2.45) is 7.05 Å². The zero-order valence-corrected chi connectivity index (χ0v) is 12.1. The van der Waals surface area contributed by atoms with Crippen LogP contribution in [0.25, 0.3) is 22.0 Å². The van der Waals surface area contributed by atoms with Crippen LogP contribution in [0, 0.1) is 0 Å². The molecule has 0 bridgehead atoms. The SMILES string of the molecule is Cn1nccc1-c1csc(-c2ccccc2Br)n1. The fraction of sp³-hybridized carbons (Fsp3) is 0.0769. The lowest BCUT2D eigenvalue weighted by Gasteiger charge is -1.99. The van der Waals surface area contributed by atoms with E-state index in [0.29, 0.717) is 0 Å². The summed E-state index contributed by atoms with van der Waals surface area (Å²) in [4.78, 5) is 4.67. The van der Waals surface area contributed by atoms with Crippen LogP contribution in [0.2, 0.25) is 0 Å². The summed E-state index contributed by atoms with van der Waals surface area (Å²) in [7, 11) is 1.92. The Labute approximate surface area is 117 Å². The van der Waals surface area contributed by atoms with Crippen LogP contribution in [0.5, 0.6) is 0 Å². The average Bonchev–Trinajstić information content (AvgIpc) is 2.98. The molecule has 3 nitrogen and oxygen atoms in total. The molecule has 0 aliphatic rings. The second-order valence-electron chi connectivity index (χ2n) is 3.86. The summed E-state index contributed by atoms with van der Waals surface area (Å²) in [5, 5.41) is 7.24. The zero-order chi connectivity index (χ0) is 12.5. The number of thiazole rings is 1. The Bertz CT molecular complexity index is 687. The molecule has 0 spiro atoms. The van der Waals surface area contributed by atoms with E-state index in [4.69, 9.17) is 0 Å². The van der Waals surface area contributed by atoms with E-state index in [1.807, 2.05) is 36.0 Å². The van der Waals surface area contributed by atoms with Crippen LogP contribution in [-0.4, -0.2) is 14.8 Å². The van der Waals surface area contributed by atoms with Crippen molar-refractivity contribution in [1.29, 1.82) is 0 Å². The van der Waals surface area contributed by atoms with Gasteiger partial charge >= 0.3 is 0 Å². The lowest BCUT2D eigenvalue weighted by atomic mass is 10.2. The highest BCUT2D eigenvalue weighted by Gasteiger charge is 2.10. The van der Waals surface area contributed by atoms with E-state index in [1.165, 1.54) is 0 Å². The van der Waals surface area contributed by atoms with Crippen molar-refractivity contribution in [2.75, 3.05) is 0 Å². The Morgan fingerprint density at radius 2 is 2.06 bits per heavy atom. The van der Waals surface area contributed by atoms with Crippen LogP contribution in [-0.2, 0) is 7.05 Å². The lowest BCUT2D eigenvalue weighted by Crippen LogP contribution is -1.93. The van der Waals surface area contributed by atoms with Crippen molar-refractivity contribution in [1.82, 2.24) is 14.8 Å². The monoisotopic (exact) mass is 319 g/mol. The first-order valence-electron chi connectivity index (χ1n) is 5.44. The van der Waals surface area contributed by atoms with Gasteiger partial charge in [0.25, 0.3) is 0 Å². The molecule has 90 valence electrons. The summed E-state index contributed by atoms with van der Waals surface area (Å²) in [6, 6.07) is 10.1. The third-order valence-electron chi connectivity index (χ3n) is 2.69. The summed E-state index contributed by atoms with van der Waals surface area (Å²) >= 11 is 5.20. The highest BCUT2D eigenvalue weighted by atomic mass is 79.9. The normalized spacial score (nSPS) is 10.8. The van der Waals surface area contributed by atoms with Crippen LogP contribution in [0.3, 0.4) is 0 Å². The Morgan fingerprint density at radius 3 is 2.78 bits per heavy atom. The molecule has 18 heavy (non-hydrogen) atoms. The summed E-state index contributed by atoms with van der Waals surface area (Å²) in [6.45, 7) is 0. The summed E-state index contributed by atoms with van der Waals surface area (Å²) in [5.74, 6) is 0. The number of rotatable bonds is 2. The Morgan fingerprint density at radius 1 is 1.22 bits per heavy atom. The van der Waals surface area contributed by atoms with Gasteiger partial charge in [0.05, 0.1) is 11.4 Å². The fourth-order valence-electron chi connectivity index (χ4n) is 1.77. The lowest BCUT2D eigenvalue weighted by molar-refractivity contribution is 0.774. The van der Waals surface area contributed by atoms with E-state index in [2.05, 4.69) is 37.5 Å². The van der Waals surface area contributed by atoms with Gasteiger partial charge in [0.1, 0.15) is 5.01 Å². The van der Waals surface area contributed by atoms with E-state index >= 15 is 0 Å². The first-order chi connectivity index (χ1) is 8.75. The third-order valence-corrected chi connectivity index (χ3v) is 4.26. The van der Waals surface area contributed by atoms with Crippen LogP contribution in [0.1, 0.15) is 0 Å². The molecule has 1 aromatic carbocycles. The molecule has 0 N–H and O–H groups in total.